The first-order chi connectivity index (χ1) is 9.42. The van der Waals surface area contributed by atoms with Gasteiger partial charge in [-0.2, -0.15) is 0 Å². The molecule has 0 aliphatic heterocycles. The lowest BCUT2D eigenvalue weighted by atomic mass is 10.1. The molecule has 1 unspecified atom stereocenters. The van der Waals surface area contributed by atoms with Crippen molar-refractivity contribution in [3.05, 3.63) is 59.9 Å². The van der Waals surface area contributed by atoms with Gasteiger partial charge in [-0.1, -0.05) is 30.3 Å². The number of halogens is 1. The highest BCUT2D eigenvalue weighted by Gasteiger charge is 2.21. The van der Waals surface area contributed by atoms with E-state index in [2.05, 4.69) is 4.72 Å². The molecule has 6 heteroatoms. The van der Waals surface area contributed by atoms with Gasteiger partial charge in [0.15, 0.2) is 0 Å². The van der Waals surface area contributed by atoms with E-state index in [1.54, 1.807) is 31.2 Å². The van der Waals surface area contributed by atoms with Crippen LogP contribution in [0, 0.1) is 5.82 Å². The Kier molecular flexibility index (Phi) is 4.06. The number of para-hydroxylation sites is 1. The molecule has 0 amide bonds. The minimum atomic E-state index is -3.80. The smallest absolute Gasteiger partial charge is 0.243 e. The Labute approximate surface area is 117 Å². The molecule has 0 saturated carbocycles. The average Bonchev–Trinajstić information content (AvgIpc) is 2.38. The van der Waals surface area contributed by atoms with E-state index in [4.69, 9.17) is 5.73 Å². The largest absolute Gasteiger partial charge is 0.398 e. The maximum atomic E-state index is 13.6. The van der Waals surface area contributed by atoms with Crippen LogP contribution in [0.15, 0.2) is 53.4 Å². The van der Waals surface area contributed by atoms with E-state index < -0.39 is 21.9 Å². The molecule has 0 aliphatic rings. The highest BCUT2D eigenvalue weighted by Crippen LogP contribution is 2.22. The van der Waals surface area contributed by atoms with Gasteiger partial charge in [-0.05, 0) is 25.1 Å². The average molecular weight is 294 g/mol. The van der Waals surface area contributed by atoms with E-state index in [9.17, 15) is 12.8 Å². The molecule has 20 heavy (non-hydrogen) atoms. The van der Waals surface area contributed by atoms with E-state index in [1.165, 1.54) is 24.3 Å². The van der Waals surface area contributed by atoms with Crippen molar-refractivity contribution in [2.75, 3.05) is 5.73 Å². The number of rotatable bonds is 4. The summed E-state index contributed by atoms with van der Waals surface area (Å²) in [6.45, 7) is 1.58. The van der Waals surface area contributed by atoms with Gasteiger partial charge < -0.3 is 5.73 Å². The second kappa shape index (κ2) is 5.60. The van der Waals surface area contributed by atoms with Crippen LogP contribution in [0.25, 0.3) is 0 Å². The zero-order valence-corrected chi connectivity index (χ0v) is 11.7. The van der Waals surface area contributed by atoms with E-state index in [0.29, 0.717) is 0 Å². The molecule has 0 saturated heterocycles. The molecule has 0 fully saturated rings. The molecule has 0 radical (unpaired) electrons. The monoisotopic (exact) mass is 294 g/mol. The van der Waals surface area contributed by atoms with Crippen molar-refractivity contribution < 1.29 is 12.8 Å². The molecule has 106 valence electrons. The summed E-state index contributed by atoms with van der Waals surface area (Å²) < 4.78 is 40.5. The Morgan fingerprint density at radius 1 is 1.10 bits per heavy atom. The predicted octanol–water partition coefficient (Wildman–Crippen LogP) is 2.45. The number of nitrogens with two attached hydrogens (primary N) is 1. The van der Waals surface area contributed by atoms with Gasteiger partial charge in [-0.25, -0.2) is 17.5 Å². The lowest BCUT2D eigenvalue weighted by Crippen LogP contribution is -2.28. The minimum Gasteiger partial charge on any atom is -0.398 e. The number of anilines is 1. The fraction of sp³-hybridized carbons (Fsp3) is 0.143. The summed E-state index contributed by atoms with van der Waals surface area (Å²) in [4.78, 5) is -0.0109. The molecule has 2 rings (SSSR count). The van der Waals surface area contributed by atoms with Crippen LogP contribution < -0.4 is 10.5 Å². The van der Waals surface area contributed by atoms with Gasteiger partial charge in [-0.15, -0.1) is 0 Å². The molecular weight excluding hydrogens is 279 g/mol. The maximum Gasteiger partial charge on any atom is 0.243 e. The first kappa shape index (κ1) is 14.5. The van der Waals surface area contributed by atoms with Crippen LogP contribution >= 0.6 is 0 Å². The van der Waals surface area contributed by atoms with E-state index in [0.717, 1.165) is 0 Å². The first-order valence-electron chi connectivity index (χ1n) is 6.03. The van der Waals surface area contributed by atoms with Crippen molar-refractivity contribution >= 4 is 15.7 Å². The topological polar surface area (TPSA) is 72.2 Å². The third-order valence-corrected chi connectivity index (χ3v) is 4.53. The number of nitrogen functional groups attached to an aromatic ring is 1. The number of nitrogens with one attached hydrogen (secondary N) is 1. The molecule has 1 atom stereocenters. The van der Waals surface area contributed by atoms with Crippen molar-refractivity contribution in [3.8, 4) is 0 Å². The zero-order valence-electron chi connectivity index (χ0n) is 10.9. The summed E-state index contributed by atoms with van der Waals surface area (Å²) in [5, 5.41) is 0. The van der Waals surface area contributed by atoms with Gasteiger partial charge in [0.1, 0.15) is 10.7 Å². The van der Waals surface area contributed by atoms with E-state index >= 15 is 0 Å². The van der Waals surface area contributed by atoms with Crippen LogP contribution in [0.2, 0.25) is 0 Å². The number of hydrogen-bond donors (Lipinski definition) is 2. The maximum absolute atomic E-state index is 13.6. The van der Waals surface area contributed by atoms with Gasteiger partial charge in [0.25, 0.3) is 0 Å². The van der Waals surface area contributed by atoms with Crippen molar-refractivity contribution in [1.29, 1.82) is 0 Å². The molecule has 2 aromatic carbocycles. The van der Waals surface area contributed by atoms with Gasteiger partial charge in [-0.3, -0.25) is 0 Å². The Bertz CT molecular complexity index is 717. The Hall–Kier alpha value is -1.92. The van der Waals surface area contributed by atoms with Crippen molar-refractivity contribution in [2.45, 2.75) is 17.9 Å². The second-order valence-corrected chi connectivity index (χ2v) is 6.08. The molecule has 2 aromatic rings. The van der Waals surface area contributed by atoms with Crippen LogP contribution in [0.3, 0.4) is 0 Å². The van der Waals surface area contributed by atoms with E-state index in [1.807, 2.05) is 0 Å². The van der Waals surface area contributed by atoms with Crippen LogP contribution in [0.1, 0.15) is 18.5 Å². The summed E-state index contributed by atoms with van der Waals surface area (Å²) in [6, 6.07) is 11.5. The summed E-state index contributed by atoms with van der Waals surface area (Å²) in [7, 11) is -3.80. The number of hydrogen-bond acceptors (Lipinski definition) is 3. The lowest BCUT2D eigenvalue weighted by Gasteiger charge is -2.16. The Morgan fingerprint density at radius 3 is 2.35 bits per heavy atom. The van der Waals surface area contributed by atoms with Crippen molar-refractivity contribution in [1.82, 2.24) is 4.72 Å². The predicted molar refractivity (Wildman–Crippen MR) is 76.0 cm³/mol. The molecule has 0 spiro atoms. The van der Waals surface area contributed by atoms with Gasteiger partial charge in [0, 0.05) is 11.6 Å². The van der Waals surface area contributed by atoms with Gasteiger partial charge in [0.2, 0.25) is 10.0 Å². The Balaban J connectivity index is 2.30. The van der Waals surface area contributed by atoms with Crippen LogP contribution in [0.4, 0.5) is 10.1 Å². The third kappa shape index (κ3) is 2.97. The summed E-state index contributed by atoms with van der Waals surface area (Å²) in [5.41, 5.74) is 6.09. The quantitative estimate of drug-likeness (QED) is 0.851. The Morgan fingerprint density at radius 2 is 1.70 bits per heavy atom. The van der Waals surface area contributed by atoms with Crippen LogP contribution in [-0.4, -0.2) is 8.42 Å². The lowest BCUT2D eigenvalue weighted by molar-refractivity contribution is 0.550. The van der Waals surface area contributed by atoms with Crippen molar-refractivity contribution in [2.24, 2.45) is 0 Å². The molecular formula is C14H15FN2O2S. The normalized spacial score (nSPS) is 13.1. The SMILES string of the molecule is CC(NS(=O)(=O)c1ccccc1N)c1ccccc1F. The fourth-order valence-corrected chi connectivity index (χ4v) is 3.27. The number of sulfonamides is 1. The summed E-state index contributed by atoms with van der Waals surface area (Å²) in [6.07, 6.45) is 0. The summed E-state index contributed by atoms with van der Waals surface area (Å²) >= 11 is 0. The van der Waals surface area contributed by atoms with E-state index in [-0.39, 0.29) is 16.1 Å². The molecule has 0 aromatic heterocycles. The molecule has 0 bridgehead atoms. The third-order valence-electron chi connectivity index (χ3n) is 2.91. The summed E-state index contributed by atoms with van der Waals surface area (Å²) in [5.74, 6) is -0.455. The van der Waals surface area contributed by atoms with Crippen molar-refractivity contribution in [3.63, 3.8) is 0 Å². The first-order valence-corrected chi connectivity index (χ1v) is 7.51. The molecule has 3 N–H and O–H groups in total. The highest BCUT2D eigenvalue weighted by molar-refractivity contribution is 7.89. The van der Waals surface area contributed by atoms with Crippen LogP contribution in [-0.2, 0) is 10.0 Å². The standard InChI is InChI=1S/C14H15FN2O2S/c1-10(11-6-2-3-7-12(11)15)17-20(18,19)14-9-5-4-8-13(14)16/h2-10,17H,16H2,1H3. The molecule has 0 aliphatic carbocycles. The van der Waals surface area contributed by atoms with Gasteiger partial charge >= 0.3 is 0 Å². The second-order valence-electron chi connectivity index (χ2n) is 4.40. The molecule has 0 heterocycles. The zero-order chi connectivity index (χ0) is 14.8. The highest BCUT2D eigenvalue weighted by atomic mass is 32.2. The minimum absolute atomic E-state index is 0.0109. The number of benzene rings is 2. The fourth-order valence-electron chi connectivity index (χ4n) is 1.91. The molecule has 4 nitrogen and oxygen atoms in total. The van der Waals surface area contributed by atoms with Gasteiger partial charge in [0.05, 0.1) is 5.69 Å². The van der Waals surface area contributed by atoms with Crippen LogP contribution in [0.5, 0.6) is 0 Å².